The molecule has 2 rings (SSSR count). The Labute approximate surface area is 167 Å². The minimum atomic E-state index is -0.262. The van der Waals surface area contributed by atoms with Crippen LogP contribution in [0.5, 0.6) is 5.75 Å². The second-order valence-electron chi connectivity index (χ2n) is 6.66. The lowest BCUT2D eigenvalue weighted by molar-refractivity contribution is -0.130. The smallest absolute Gasteiger partial charge is 0.251 e. The van der Waals surface area contributed by atoms with Gasteiger partial charge < -0.3 is 15.0 Å². The van der Waals surface area contributed by atoms with E-state index in [1.54, 1.807) is 29.2 Å². The summed E-state index contributed by atoms with van der Waals surface area (Å²) in [5.74, 6) is 0.390. The molecule has 0 aliphatic rings. The van der Waals surface area contributed by atoms with Crippen molar-refractivity contribution in [3.8, 4) is 5.75 Å². The maximum absolute atomic E-state index is 12.4. The highest BCUT2D eigenvalue weighted by Crippen LogP contribution is 2.13. The molecule has 28 heavy (non-hydrogen) atoms. The molecular formula is C23H30N2O3. The van der Waals surface area contributed by atoms with Gasteiger partial charge in [-0.25, -0.2) is 0 Å². The zero-order valence-electron chi connectivity index (χ0n) is 16.8. The summed E-state index contributed by atoms with van der Waals surface area (Å²) in [5, 5.41) is 2.71. The summed E-state index contributed by atoms with van der Waals surface area (Å²) in [6.07, 6.45) is 3.33. The molecule has 0 bridgehead atoms. The number of likely N-dealkylation sites (N-methyl/N-ethyl adjacent to an activating group) is 1. The van der Waals surface area contributed by atoms with Crippen molar-refractivity contribution in [3.05, 3.63) is 65.7 Å². The van der Waals surface area contributed by atoms with Crippen molar-refractivity contribution >= 4 is 11.8 Å². The van der Waals surface area contributed by atoms with Gasteiger partial charge in [0.25, 0.3) is 5.91 Å². The van der Waals surface area contributed by atoms with Crippen LogP contribution < -0.4 is 10.1 Å². The molecule has 150 valence electrons. The maximum Gasteiger partial charge on any atom is 0.251 e. The number of hydrogen-bond acceptors (Lipinski definition) is 3. The number of benzene rings is 2. The number of carbonyl (C=O) groups is 2. The topological polar surface area (TPSA) is 58.6 Å². The van der Waals surface area contributed by atoms with Gasteiger partial charge in [-0.05, 0) is 43.2 Å². The van der Waals surface area contributed by atoms with E-state index >= 15 is 0 Å². The Hall–Kier alpha value is -2.82. The Morgan fingerprint density at radius 1 is 0.964 bits per heavy atom. The highest BCUT2D eigenvalue weighted by Gasteiger charge is 2.14. The van der Waals surface area contributed by atoms with Crippen molar-refractivity contribution < 1.29 is 14.3 Å². The van der Waals surface area contributed by atoms with E-state index in [0.717, 1.165) is 30.6 Å². The van der Waals surface area contributed by atoms with Crippen molar-refractivity contribution in [1.82, 2.24) is 10.2 Å². The van der Waals surface area contributed by atoms with E-state index in [9.17, 15) is 9.59 Å². The zero-order chi connectivity index (χ0) is 20.2. The Morgan fingerprint density at radius 3 is 2.32 bits per heavy atom. The Morgan fingerprint density at radius 2 is 1.68 bits per heavy atom. The van der Waals surface area contributed by atoms with Gasteiger partial charge in [0.05, 0.1) is 13.2 Å². The first-order chi connectivity index (χ1) is 13.6. The third kappa shape index (κ3) is 7.06. The first-order valence-electron chi connectivity index (χ1n) is 9.96. The predicted molar refractivity (Wildman–Crippen MR) is 111 cm³/mol. The molecule has 2 aromatic carbocycles. The van der Waals surface area contributed by atoms with Gasteiger partial charge in [-0.15, -0.1) is 0 Å². The molecule has 0 heterocycles. The maximum atomic E-state index is 12.4. The van der Waals surface area contributed by atoms with E-state index in [1.165, 1.54) is 0 Å². The molecule has 0 aromatic heterocycles. The van der Waals surface area contributed by atoms with E-state index in [1.807, 2.05) is 37.3 Å². The van der Waals surface area contributed by atoms with Crippen LogP contribution in [-0.4, -0.2) is 36.4 Å². The molecule has 0 aliphatic carbocycles. The number of ether oxygens (including phenoxy) is 1. The molecule has 2 amide bonds. The number of amides is 2. The molecule has 0 radical (unpaired) electrons. The summed E-state index contributed by atoms with van der Waals surface area (Å²) in [5.41, 5.74) is 1.58. The van der Waals surface area contributed by atoms with Crippen LogP contribution in [0.4, 0.5) is 0 Å². The second-order valence-corrected chi connectivity index (χ2v) is 6.66. The van der Waals surface area contributed by atoms with Crippen molar-refractivity contribution in [1.29, 1.82) is 0 Å². The summed E-state index contributed by atoms with van der Waals surface area (Å²) in [7, 11) is 0. The minimum absolute atomic E-state index is 0.0191. The zero-order valence-corrected chi connectivity index (χ0v) is 16.8. The fourth-order valence-electron chi connectivity index (χ4n) is 2.79. The van der Waals surface area contributed by atoms with Crippen LogP contribution in [0.1, 0.15) is 49.0 Å². The van der Waals surface area contributed by atoms with Gasteiger partial charge >= 0.3 is 0 Å². The Kier molecular flexibility index (Phi) is 9.05. The van der Waals surface area contributed by atoms with Gasteiger partial charge in [-0.3, -0.25) is 9.59 Å². The summed E-state index contributed by atoms with van der Waals surface area (Å²) in [6, 6.07) is 16.8. The van der Waals surface area contributed by atoms with Gasteiger partial charge in [-0.1, -0.05) is 50.1 Å². The molecule has 0 saturated heterocycles. The summed E-state index contributed by atoms with van der Waals surface area (Å²) in [6.45, 7) is 5.88. The van der Waals surface area contributed by atoms with Gasteiger partial charge in [0.1, 0.15) is 5.75 Å². The lowest BCUT2D eigenvalue weighted by Crippen LogP contribution is -2.39. The van der Waals surface area contributed by atoms with Crippen molar-refractivity contribution in [2.75, 3.05) is 19.7 Å². The average Bonchev–Trinajstić information content (AvgIpc) is 2.74. The number of hydrogen-bond donors (Lipinski definition) is 1. The first kappa shape index (κ1) is 21.5. The fourth-order valence-corrected chi connectivity index (χ4v) is 2.79. The molecule has 0 spiro atoms. The SMILES string of the molecule is CCCCCOc1ccc(C(=O)NCC(=O)N(CC)Cc2ccccc2)cc1. The minimum Gasteiger partial charge on any atom is -0.494 e. The van der Waals surface area contributed by atoms with Crippen LogP contribution >= 0.6 is 0 Å². The molecule has 0 atom stereocenters. The standard InChI is InChI=1S/C23H30N2O3/c1-3-5-9-16-28-21-14-12-20(13-15-21)23(27)24-17-22(26)25(4-2)18-19-10-7-6-8-11-19/h6-8,10-15H,3-5,9,16-18H2,1-2H3,(H,24,27). The van der Waals surface area contributed by atoms with Gasteiger partial charge in [-0.2, -0.15) is 0 Å². The van der Waals surface area contributed by atoms with E-state index in [2.05, 4.69) is 12.2 Å². The van der Waals surface area contributed by atoms with Crippen molar-refractivity contribution in [3.63, 3.8) is 0 Å². The third-order valence-corrected chi connectivity index (χ3v) is 4.48. The number of nitrogens with zero attached hydrogens (tertiary/aromatic N) is 1. The summed E-state index contributed by atoms with van der Waals surface area (Å²) in [4.78, 5) is 26.5. The molecule has 2 aromatic rings. The number of nitrogens with one attached hydrogen (secondary N) is 1. The molecule has 5 heteroatoms. The van der Waals surface area contributed by atoms with Gasteiger partial charge in [0.15, 0.2) is 0 Å². The molecule has 0 aliphatic heterocycles. The molecule has 1 N–H and O–H groups in total. The lowest BCUT2D eigenvalue weighted by Gasteiger charge is -2.21. The average molecular weight is 383 g/mol. The first-order valence-corrected chi connectivity index (χ1v) is 9.96. The fraction of sp³-hybridized carbons (Fsp3) is 0.391. The van der Waals surface area contributed by atoms with E-state index in [4.69, 9.17) is 4.74 Å². The van der Waals surface area contributed by atoms with Crippen LogP contribution in [0.25, 0.3) is 0 Å². The quantitative estimate of drug-likeness (QED) is 0.597. The monoisotopic (exact) mass is 382 g/mol. The van der Waals surface area contributed by atoms with Gasteiger partial charge in [0, 0.05) is 18.7 Å². The second kappa shape index (κ2) is 11.8. The third-order valence-electron chi connectivity index (χ3n) is 4.48. The Balaban J connectivity index is 1.80. The highest BCUT2D eigenvalue weighted by molar-refractivity contribution is 5.96. The van der Waals surface area contributed by atoms with E-state index < -0.39 is 0 Å². The number of unbranched alkanes of at least 4 members (excludes halogenated alkanes) is 2. The Bertz CT molecular complexity index is 729. The lowest BCUT2D eigenvalue weighted by atomic mass is 10.2. The van der Waals surface area contributed by atoms with Crippen LogP contribution in [0, 0.1) is 0 Å². The molecule has 0 unspecified atom stereocenters. The van der Waals surface area contributed by atoms with Crippen LogP contribution in [-0.2, 0) is 11.3 Å². The van der Waals surface area contributed by atoms with E-state index in [-0.39, 0.29) is 18.4 Å². The van der Waals surface area contributed by atoms with Crippen LogP contribution in [0.2, 0.25) is 0 Å². The molecule has 0 fully saturated rings. The van der Waals surface area contributed by atoms with Crippen molar-refractivity contribution in [2.45, 2.75) is 39.7 Å². The van der Waals surface area contributed by atoms with Crippen LogP contribution in [0.3, 0.4) is 0 Å². The summed E-state index contributed by atoms with van der Waals surface area (Å²) < 4.78 is 5.65. The molecule has 0 saturated carbocycles. The highest BCUT2D eigenvalue weighted by atomic mass is 16.5. The summed E-state index contributed by atoms with van der Waals surface area (Å²) >= 11 is 0. The van der Waals surface area contributed by atoms with E-state index in [0.29, 0.717) is 25.3 Å². The van der Waals surface area contributed by atoms with Crippen molar-refractivity contribution in [2.24, 2.45) is 0 Å². The largest absolute Gasteiger partial charge is 0.494 e. The predicted octanol–water partition coefficient (Wildman–Crippen LogP) is 4.03. The normalized spacial score (nSPS) is 10.4. The number of carbonyl (C=O) groups excluding carboxylic acids is 2. The van der Waals surface area contributed by atoms with Gasteiger partial charge in [0.2, 0.25) is 5.91 Å². The molecule has 5 nitrogen and oxygen atoms in total. The van der Waals surface area contributed by atoms with Crippen LogP contribution in [0.15, 0.2) is 54.6 Å². The number of rotatable bonds is 11. The molecular weight excluding hydrogens is 352 g/mol.